The summed E-state index contributed by atoms with van der Waals surface area (Å²) in [5.74, 6) is 0.669. The minimum atomic E-state index is 0.669. The molecule has 0 aliphatic heterocycles. The summed E-state index contributed by atoms with van der Waals surface area (Å²) in [7, 11) is 0. The van der Waals surface area contributed by atoms with Crippen molar-refractivity contribution in [2.45, 2.75) is 31.6 Å². The van der Waals surface area contributed by atoms with Crippen molar-refractivity contribution in [3.05, 3.63) is 72.3 Å². The molecular weight excluding hydrogens is 252 g/mol. The molecule has 0 spiro atoms. The first kappa shape index (κ1) is 12.6. The van der Waals surface area contributed by atoms with Gasteiger partial charge in [-0.3, -0.25) is 0 Å². The van der Waals surface area contributed by atoms with Crippen LogP contribution in [0.25, 0.3) is 21.5 Å². The number of allylic oxidation sites excluding steroid dienone is 1. The van der Waals surface area contributed by atoms with Crippen molar-refractivity contribution in [3.63, 3.8) is 0 Å². The molecule has 3 aromatic rings. The van der Waals surface area contributed by atoms with Crippen LogP contribution in [0.4, 0.5) is 0 Å². The summed E-state index contributed by atoms with van der Waals surface area (Å²) in [6.45, 7) is 3.93. The lowest BCUT2D eigenvalue weighted by Crippen LogP contribution is -2.09. The number of rotatable bonds is 2. The number of benzene rings is 3. The highest BCUT2D eigenvalue weighted by Gasteiger charge is 2.21. The fraction of sp³-hybridized carbons (Fsp3) is 0.238. The number of aryl methyl sites for hydroxylation is 1. The van der Waals surface area contributed by atoms with Crippen molar-refractivity contribution in [1.82, 2.24) is 0 Å². The van der Waals surface area contributed by atoms with Crippen LogP contribution in [0.1, 0.15) is 36.3 Å². The molecule has 3 aromatic carbocycles. The van der Waals surface area contributed by atoms with Gasteiger partial charge in [0.15, 0.2) is 0 Å². The zero-order chi connectivity index (χ0) is 14.2. The summed E-state index contributed by atoms with van der Waals surface area (Å²) in [4.78, 5) is 0. The first-order chi connectivity index (χ1) is 10.4. The molecule has 0 amide bonds. The van der Waals surface area contributed by atoms with Gasteiger partial charge in [0, 0.05) is 0 Å². The van der Waals surface area contributed by atoms with Crippen molar-refractivity contribution >= 4 is 21.5 Å². The van der Waals surface area contributed by atoms with Crippen LogP contribution in [0.2, 0.25) is 0 Å². The molecule has 104 valence electrons. The molecule has 0 bridgehead atoms. The van der Waals surface area contributed by atoms with E-state index in [2.05, 4.69) is 61.2 Å². The molecule has 1 atom stereocenters. The second kappa shape index (κ2) is 5.04. The van der Waals surface area contributed by atoms with Crippen LogP contribution >= 0.6 is 0 Å². The van der Waals surface area contributed by atoms with Gasteiger partial charge in [-0.2, -0.15) is 0 Å². The predicted molar refractivity (Wildman–Crippen MR) is 91.9 cm³/mol. The monoisotopic (exact) mass is 272 g/mol. The molecule has 1 aliphatic rings. The van der Waals surface area contributed by atoms with Gasteiger partial charge in [-0.15, -0.1) is 6.58 Å². The summed E-state index contributed by atoms with van der Waals surface area (Å²) in [6, 6.07) is 18.0. The minimum Gasteiger partial charge on any atom is -0.103 e. The number of fused-ring (bicyclic) bond motifs is 5. The summed E-state index contributed by atoms with van der Waals surface area (Å²) >= 11 is 0. The van der Waals surface area contributed by atoms with Crippen molar-refractivity contribution in [3.8, 4) is 0 Å². The van der Waals surface area contributed by atoms with Gasteiger partial charge in [-0.1, -0.05) is 54.6 Å². The minimum absolute atomic E-state index is 0.669. The Morgan fingerprint density at radius 3 is 2.71 bits per heavy atom. The Bertz CT molecular complexity index is 826. The van der Waals surface area contributed by atoms with Crippen LogP contribution in [0.5, 0.6) is 0 Å². The highest BCUT2D eigenvalue weighted by molar-refractivity contribution is 6.08. The van der Waals surface area contributed by atoms with E-state index in [1.165, 1.54) is 40.8 Å². The second-order valence-electron chi connectivity index (χ2n) is 6.13. The molecular formula is C21H20. The normalized spacial score (nSPS) is 17.8. The summed E-state index contributed by atoms with van der Waals surface area (Å²) < 4.78 is 0. The molecule has 0 aromatic heterocycles. The molecule has 0 heteroatoms. The SMILES string of the molecule is C=CCC1CCCc2c1ccc1c2ccc2ccccc21. The number of hydrogen-bond acceptors (Lipinski definition) is 0. The molecule has 0 N–H and O–H groups in total. The van der Waals surface area contributed by atoms with E-state index in [9.17, 15) is 0 Å². The Balaban J connectivity index is 2.01. The molecule has 0 nitrogen and oxygen atoms in total. The first-order valence-electron chi connectivity index (χ1n) is 7.92. The van der Waals surface area contributed by atoms with Crippen LogP contribution in [0.15, 0.2) is 61.2 Å². The van der Waals surface area contributed by atoms with Crippen LogP contribution in [-0.4, -0.2) is 0 Å². The van der Waals surface area contributed by atoms with Crippen molar-refractivity contribution in [2.75, 3.05) is 0 Å². The van der Waals surface area contributed by atoms with Crippen molar-refractivity contribution in [1.29, 1.82) is 0 Å². The van der Waals surface area contributed by atoms with Gasteiger partial charge >= 0.3 is 0 Å². The Kier molecular flexibility index (Phi) is 3.03. The van der Waals surface area contributed by atoms with E-state index in [-0.39, 0.29) is 0 Å². The summed E-state index contributed by atoms with van der Waals surface area (Å²) in [5.41, 5.74) is 3.14. The van der Waals surface area contributed by atoms with Gasteiger partial charge < -0.3 is 0 Å². The standard InChI is InChI=1S/C21H20/c1-2-6-15-8-5-10-19-18(15)13-14-20-17-9-4-3-7-16(17)11-12-21(19)20/h2-4,7,9,11-15H,1,5-6,8,10H2. The second-order valence-corrected chi connectivity index (χ2v) is 6.13. The van der Waals surface area contributed by atoms with Crippen molar-refractivity contribution < 1.29 is 0 Å². The van der Waals surface area contributed by atoms with Crippen molar-refractivity contribution in [2.24, 2.45) is 0 Å². The summed E-state index contributed by atoms with van der Waals surface area (Å²) in [6.07, 6.45) is 7.00. The van der Waals surface area contributed by atoms with E-state index in [0.717, 1.165) is 6.42 Å². The lowest BCUT2D eigenvalue weighted by atomic mass is 9.78. The highest BCUT2D eigenvalue weighted by atomic mass is 14.2. The van der Waals surface area contributed by atoms with E-state index in [1.807, 2.05) is 0 Å². The molecule has 1 aliphatic carbocycles. The van der Waals surface area contributed by atoms with Crippen LogP contribution in [0, 0.1) is 0 Å². The highest BCUT2D eigenvalue weighted by Crippen LogP contribution is 2.39. The third-order valence-electron chi connectivity index (χ3n) is 4.94. The van der Waals surface area contributed by atoms with E-state index in [4.69, 9.17) is 0 Å². The molecule has 4 rings (SSSR count). The molecule has 0 heterocycles. The largest absolute Gasteiger partial charge is 0.103 e. The van der Waals surface area contributed by atoms with E-state index < -0.39 is 0 Å². The molecule has 0 saturated heterocycles. The van der Waals surface area contributed by atoms with Gasteiger partial charge in [-0.25, -0.2) is 0 Å². The van der Waals surface area contributed by atoms with Crippen LogP contribution < -0.4 is 0 Å². The Morgan fingerprint density at radius 2 is 1.81 bits per heavy atom. The van der Waals surface area contributed by atoms with Gasteiger partial charge in [0.05, 0.1) is 0 Å². The molecule has 0 radical (unpaired) electrons. The summed E-state index contributed by atoms with van der Waals surface area (Å²) in [5, 5.41) is 5.58. The van der Waals surface area contributed by atoms with E-state index in [1.54, 1.807) is 11.1 Å². The van der Waals surface area contributed by atoms with Gasteiger partial charge in [-0.05, 0) is 64.3 Å². The Labute approximate surface area is 126 Å². The maximum Gasteiger partial charge on any atom is -0.0102 e. The van der Waals surface area contributed by atoms with Gasteiger partial charge in [0.25, 0.3) is 0 Å². The Morgan fingerprint density at radius 1 is 0.952 bits per heavy atom. The fourth-order valence-electron chi connectivity index (χ4n) is 3.96. The van der Waals surface area contributed by atoms with Gasteiger partial charge in [0.2, 0.25) is 0 Å². The predicted octanol–water partition coefficient (Wildman–Crippen LogP) is 5.99. The van der Waals surface area contributed by atoms with Crippen LogP contribution in [0.3, 0.4) is 0 Å². The average molecular weight is 272 g/mol. The lowest BCUT2D eigenvalue weighted by molar-refractivity contribution is 0.561. The van der Waals surface area contributed by atoms with Gasteiger partial charge in [0.1, 0.15) is 0 Å². The Hall–Kier alpha value is -2.08. The van der Waals surface area contributed by atoms with Crippen LogP contribution in [-0.2, 0) is 6.42 Å². The third-order valence-corrected chi connectivity index (χ3v) is 4.94. The molecule has 1 unspecified atom stereocenters. The maximum absolute atomic E-state index is 3.93. The molecule has 0 saturated carbocycles. The fourth-order valence-corrected chi connectivity index (χ4v) is 3.96. The quantitative estimate of drug-likeness (QED) is 0.397. The van der Waals surface area contributed by atoms with E-state index >= 15 is 0 Å². The average Bonchev–Trinajstić information content (AvgIpc) is 2.55. The smallest absolute Gasteiger partial charge is 0.0102 e. The maximum atomic E-state index is 3.93. The molecule has 0 fully saturated rings. The first-order valence-corrected chi connectivity index (χ1v) is 7.92. The topological polar surface area (TPSA) is 0 Å². The number of hydrogen-bond donors (Lipinski definition) is 0. The third kappa shape index (κ3) is 1.98. The zero-order valence-electron chi connectivity index (χ0n) is 12.3. The molecule has 21 heavy (non-hydrogen) atoms. The zero-order valence-corrected chi connectivity index (χ0v) is 12.3. The van der Waals surface area contributed by atoms with E-state index in [0.29, 0.717) is 5.92 Å². The lowest BCUT2D eigenvalue weighted by Gasteiger charge is -2.26.